The van der Waals surface area contributed by atoms with Crippen LogP contribution in [-0.4, -0.2) is 35.1 Å². The van der Waals surface area contributed by atoms with E-state index in [2.05, 4.69) is 4.98 Å². The summed E-state index contributed by atoms with van der Waals surface area (Å²) >= 11 is 0. The predicted molar refractivity (Wildman–Crippen MR) is 48.6 cm³/mol. The number of carboxylic acid groups (broad SMARTS) is 1. The molecule has 0 radical (unpaired) electrons. The summed E-state index contributed by atoms with van der Waals surface area (Å²) in [5, 5.41) is 8.69. The van der Waals surface area contributed by atoms with Gasteiger partial charge in [-0.25, -0.2) is 4.79 Å². The first-order valence-electron chi connectivity index (χ1n) is 3.91. The van der Waals surface area contributed by atoms with Gasteiger partial charge < -0.3 is 10.0 Å². The van der Waals surface area contributed by atoms with Gasteiger partial charge in [0, 0.05) is 18.9 Å². The standard InChI is InChI=1S/C9H12N2O2/c1-11(2)6-7-3-8(9(12)13)5-10-4-7/h3-5H,6H2,1-2H3,(H,12,13). The summed E-state index contributed by atoms with van der Waals surface area (Å²) < 4.78 is 0. The first kappa shape index (κ1) is 9.67. The van der Waals surface area contributed by atoms with Gasteiger partial charge >= 0.3 is 5.97 Å². The molecule has 4 heteroatoms. The Morgan fingerprint density at radius 3 is 2.77 bits per heavy atom. The van der Waals surface area contributed by atoms with Crippen molar-refractivity contribution in [2.75, 3.05) is 14.1 Å². The van der Waals surface area contributed by atoms with Gasteiger partial charge in [0.2, 0.25) is 0 Å². The van der Waals surface area contributed by atoms with E-state index < -0.39 is 5.97 Å². The van der Waals surface area contributed by atoms with Crippen LogP contribution in [0.3, 0.4) is 0 Å². The van der Waals surface area contributed by atoms with Crippen molar-refractivity contribution in [3.05, 3.63) is 29.6 Å². The molecule has 1 aromatic rings. The molecule has 0 saturated carbocycles. The van der Waals surface area contributed by atoms with Crippen molar-refractivity contribution in [2.45, 2.75) is 6.54 Å². The van der Waals surface area contributed by atoms with E-state index in [9.17, 15) is 4.79 Å². The second kappa shape index (κ2) is 4.00. The zero-order valence-corrected chi connectivity index (χ0v) is 7.69. The summed E-state index contributed by atoms with van der Waals surface area (Å²) in [4.78, 5) is 16.4. The summed E-state index contributed by atoms with van der Waals surface area (Å²) in [5.74, 6) is -0.937. The predicted octanol–water partition coefficient (Wildman–Crippen LogP) is 0.841. The van der Waals surface area contributed by atoms with E-state index >= 15 is 0 Å². The van der Waals surface area contributed by atoms with Crippen LogP contribution in [-0.2, 0) is 6.54 Å². The fourth-order valence-corrected chi connectivity index (χ4v) is 1.06. The number of rotatable bonds is 3. The number of hydrogen-bond acceptors (Lipinski definition) is 3. The van der Waals surface area contributed by atoms with Crippen LogP contribution >= 0.6 is 0 Å². The van der Waals surface area contributed by atoms with Crippen LogP contribution < -0.4 is 0 Å². The Morgan fingerprint density at radius 2 is 2.23 bits per heavy atom. The van der Waals surface area contributed by atoms with Crippen LogP contribution in [0.15, 0.2) is 18.5 Å². The summed E-state index contributed by atoms with van der Waals surface area (Å²) in [7, 11) is 3.85. The molecule has 0 aliphatic heterocycles. The average molecular weight is 180 g/mol. The number of aromatic nitrogens is 1. The van der Waals surface area contributed by atoms with Gasteiger partial charge in [-0.3, -0.25) is 4.98 Å². The summed E-state index contributed by atoms with van der Waals surface area (Å²) in [6.07, 6.45) is 3.02. The Kier molecular flexibility index (Phi) is 2.97. The van der Waals surface area contributed by atoms with Crippen LogP contribution in [0.1, 0.15) is 15.9 Å². The molecule has 0 fully saturated rings. The van der Waals surface area contributed by atoms with E-state index in [0.29, 0.717) is 6.54 Å². The Bertz CT molecular complexity index is 310. The molecule has 0 amide bonds. The lowest BCUT2D eigenvalue weighted by molar-refractivity contribution is 0.0696. The molecule has 0 saturated heterocycles. The Balaban J connectivity index is 2.85. The lowest BCUT2D eigenvalue weighted by Gasteiger charge is -2.08. The number of nitrogens with zero attached hydrogens (tertiary/aromatic N) is 2. The molecule has 0 bridgehead atoms. The normalized spacial score (nSPS) is 10.4. The molecule has 1 rings (SSSR count). The minimum atomic E-state index is -0.937. The van der Waals surface area contributed by atoms with E-state index in [1.54, 1.807) is 12.3 Å². The zero-order valence-electron chi connectivity index (χ0n) is 7.69. The Morgan fingerprint density at radius 1 is 1.54 bits per heavy atom. The minimum Gasteiger partial charge on any atom is -0.478 e. The molecular weight excluding hydrogens is 168 g/mol. The monoisotopic (exact) mass is 180 g/mol. The van der Waals surface area contributed by atoms with E-state index in [4.69, 9.17) is 5.11 Å². The van der Waals surface area contributed by atoms with Gasteiger partial charge in [-0.2, -0.15) is 0 Å². The molecule has 13 heavy (non-hydrogen) atoms. The number of carboxylic acids is 1. The summed E-state index contributed by atoms with van der Waals surface area (Å²) in [5.41, 5.74) is 1.14. The molecule has 1 heterocycles. The van der Waals surface area contributed by atoms with Crippen molar-refractivity contribution in [1.82, 2.24) is 9.88 Å². The van der Waals surface area contributed by atoms with Crippen molar-refractivity contribution in [2.24, 2.45) is 0 Å². The van der Waals surface area contributed by atoms with Gasteiger partial charge in [-0.05, 0) is 25.7 Å². The second-order valence-corrected chi connectivity index (χ2v) is 3.12. The lowest BCUT2D eigenvalue weighted by atomic mass is 10.2. The summed E-state index contributed by atoms with van der Waals surface area (Å²) in [6.45, 7) is 0.702. The molecular formula is C9H12N2O2. The molecule has 1 N–H and O–H groups in total. The van der Waals surface area contributed by atoms with Crippen LogP contribution in [0.5, 0.6) is 0 Å². The fraction of sp³-hybridized carbons (Fsp3) is 0.333. The summed E-state index contributed by atoms with van der Waals surface area (Å²) in [6, 6.07) is 1.63. The molecule has 0 atom stereocenters. The third-order valence-electron chi connectivity index (χ3n) is 1.54. The van der Waals surface area contributed by atoms with E-state index in [1.165, 1.54) is 6.20 Å². The molecule has 4 nitrogen and oxygen atoms in total. The maximum absolute atomic E-state index is 10.6. The number of aromatic carboxylic acids is 1. The van der Waals surface area contributed by atoms with Gasteiger partial charge in [-0.15, -0.1) is 0 Å². The maximum Gasteiger partial charge on any atom is 0.337 e. The topological polar surface area (TPSA) is 53.4 Å². The highest BCUT2D eigenvalue weighted by Gasteiger charge is 2.04. The van der Waals surface area contributed by atoms with Gasteiger partial charge in [0.25, 0.3) is 0 Å². The van der Waals surface area contributed by atoms with Crippen molar-refractivity contribution >= 4 is 5.97 Å². The molecule has 1 aromatic heterocycles. The minimum absolute atomic E-state index is 0.236. The zero-order chi connectivity index (χ0) is 9.84. The van der Waals surface area contributed by atoms with Crippen LogP contribution in [0.25, 0.3) is 0 Å². The lowest BCUT2D eigenvalue weighted by Crippen LogP contribution is -2.11. The molecule has 0 spiro atoms. The fourth-order valence-electron chi connectivity index (χ4n) is 1.06. The number of carbonyl (C=O) groups is 1. The highest BCUT2D eigenvalue weighted by Crippen LogP contribution is 2.04. The van der Waals surface area contributed by atoms with Gasteiger partial charge in [-0.1, -0.05) is 0 Å². The SMILES string of the molecule is CN(C)Cc1cncc(C(=O)O)c1. The maximum atomic E-state index is 10.6. The number of pyridine rings is 1. The Hall–Kier alpha value is -1.42. The van der Waals surface area contributed by atoms with Crippen LogP contribution in [0.4, 0.5) is 0 Å². The molecule has 0 unspecified atom stereocenters. The highest BCUT2D eigenvalue weighted by atomic mass is 16.4. The first-order chi connectivity index (χ1) is 6.09. The average Bonchev–Trinajstić information content (AvgIpc) is 2.03. The molecule has 0 aliphatic carbocycles. The smallest absolute Gasteiger partial charge is 0.337 e. The van der Waals surface area contributed by atoms with E-state index in [-0.39, 0.29) is 5.56 Å². The Labute approximate surface area is 76.8 Å². The van der Waals surface area contributed by atoms with E-state index in [0.717, 1.165) is 5.56 Å². The van der Waals surface area contributed by atoms with Crippen molar-refractivity contribution in [3.8, 4) is 0 Å². The van der Waals surface area contributed by atoms with Crippen molar-refractivity contribution < 1.29 is 9.90 Å². The largest absolute Gasteiger partial charge is 0.478 e. The van der Waals surface area contributed by atoms with Crippen molar-refractivity contribution in [3.63, 3.8) is 0 Å². The van der Waals surface area contributed by atoms with E-state index in [1.807, 2.05) is 19.0 Å². The molecule has 0 aliphatic rings. The van der Waals surface area contributed by atoms with Crippen LogP contribution in [0, 0.1) is 0 Å². The molecule has 0 aromatic carbocycles. The van der Waals surface area contributed by atoms with Gasteiger partial charge in [0.05, 0.1) is 5.56 Å². The quantitative estimate of drug-likeness (QED) is 0.749. The third-order valence-corrected chi connectivity index (χ3v) is 1.54. The van der Waals surface area contributed by atoms with Crippen molar-refractivity contribution in [1.29, 1.82) is 0 Å². The number of hydrogen-bond donors (Lipinski definition) is 1. The van der Waals surface area contributed by atoms with Gasteiger partial charge in [0.15, 0.2) is 0 Å². The molecule has 70 valence electrons. The third kappa shape index (κ3) is 2.83. The van der Waals surface area contributed by atoms with Crippen LogP contribution in [0.2, 0.25) is 0 Å². The van der Waals surface area contributed by atoms with Gasteiger partial charge in [0.1, 0.15) is 0 Å². The highest BCUT2D eigenvalue weighted by molar-refractivity contribution is 5.87. The first-order valence-corrected chi connectivity index (χ1v) is 3.91. The second-order valence-electron chi connectivity index (χ2n) is 3.12.